The molecular weight excluding hydrogens is 1440 g/mol. The summed E-state index contributed by atoms with van der Waals surface area (Å²) in [6.45, 7) is 0. The van der Waals surface area contributed by atoms with E-state index in [1.807, 2.05) is 0 Å². The van der Waals surface area contributed by atoms with E-state index in [4.69, 9.17) is 0 Å². The topological polar surface area (TPSA) is 0 Å². The first kappa shape index (κ1) is 83.7. The lowest BCUT2D eigenvalue weighted by molar-refractivity contribution is -0.461. The molecule has 0 saturated heterocycles. The SMILES string of the molecule is FC(F)(F)C(F)(F)C(F)(F)C(F)(F)C(F)(F)C(F)(F)C(F)(F)C(F)(F)CCCc1cc(CCCC(F)(F)C(F)(F)C(F)(F)C(F)(F)C(F)(F)C(F)(F)C(F)(F)C(F)(F)F)cc(CCCC(F)(F)C(F)(F)C(F)(F)C(F)(F)C(F)(F)C(F)(F)C(F)(F)C(F)(F)F)c1. The van der Waals surface area contributed by atoms with Crippen LogP contribution in [0.5, 0.6) is 0 Å². The van der Waals surface area contributed by atoms with Crippen LogP contribution in [-0.4, -0.2) is 143 Å². The van der Waals surface area contributed by atoms with Gasteiger partial charge in [0.2, 0.25) is 0 Å². The Kier molecular flexibility index (Phi) is 21.3. The van der Waals surface area contributed by atoms with E-state index in [0.717, 1.165) is 0 Å². The van der Waals surface area contributed by atoms with Gasteiger partial charge in [0.05, 0.1) is 0 Å². The molecule has 90 heavy (non-hydrogen) atoms. The van der Waals surface area contributed by atoms with Crippen molar-refractivity contribution in [1.82, 2.24) is 0 Å². The van der Waals surface area contributed by atoms with Crippen LogP contribution in [0.2, 0.25) is 0 Å². The van der Waals surface area contributed by atoms with Crippen LogP contribution in [0.1, 0.15) is 55.2 Å². The first-order chi connectivity index (χ1) is 38.5. The fourth-order valence-corrected chi connectivity index (χ4v) is 6.88. The number of alkyl halides is 51. The van der Waals surface area contributed by atoms with Gasteiger partial charge in [0, 0.05) is 19.3 Å². The number of hydrogen-bond acceptors (Lipinski definition) is 0. The van der Waals surface area contributed by atoms with E-state index in [1.54, 1.807) is 0 Å². The zero-order valence-corrected chi connectivity index (χ0v) is 40.9. The van der Waals surface area contributed by atoms with E-state index >= 15 is 0 Å². The molecule has 0 saturated carbocycles. The Morgan fingerprint density at radius 2 is 0.267 bits per heavy atom. The van der Waals surface area contributed by atoms with Gasteiger partial charge in [-0.05, 0) is 55.2 Å². The lowest BCUT2D eigenvalue weighted by Crippen LogP contribution is -2.74. The maximum Gasteiger partial charge on any atom is 0.460 e. The van der Waals surface area contributed by atoms with Crippen molar-refractivity contribution in [3.63, 3.8) is 0 Å². The lowest BCUT2D eigenvalue weighted by atomic mass is 9.87. The molecule has 0 aliphatic carbocycles. The van der Waals surface area contributed by atoms with Crippen LogP contribution in [0.3, 0.4) is 0 Å². The smallest absolute Gasteiger partial charge is 0.200 e. The summed E-state index contributed by atoms with van der Waals surface area (Å²) in [6, 6.07) is -0.422. The van der Waals surface area contributed by atoms with Gasteiger partial charge in [0.1, 0.15) is 0 Å². The monoisotopic (exact) mass is 1460 g/mol. The number of halogens is 51. The summed E-state index contributed by atoms with van der Waals surface area (Å²) >= 11 is 0. The van der Waals surface area contributed by atoms with Crippen LogP contribution in [0.15, 0.2) is 18.2 Å². The van der Waals surface area contributed by atoms with Crippen LogP contribution in [-0.2, 0) is 19.3 Å². The molecule has 0 aliphatic heterocycles. The second-order valence-electron chi connectivity index (χ2n) is 18.7. The second-order valence-corrected chi connectivity index (χ2v) is 18.7. The highest BCUT2D eigenvalue weighted by atomic mass is 19.5. The van der Waals surface area contributed by atoms with Crippen molar-refractivity contribution in [2.45, 2.75) is 201 Å². The molecule has 0 aromatic heterocycles. The lowest BCUT2D eigenvalue weighted by Gasteiger charge is -2.42. The largest absolute Gasteiger partial charge is 0.460 e. The number of benzene rings is 1. The molecule has 0 atom stereocenters. The normalized spacial score (nSPS) is 16.6. The van der Waals surface area contributed by atoms with Gasteiger partial charge < -0.3 is 0 Å². The van der Waals surface area contributed by atoms with Crippen molar-refractivity contribution < 1.29 is 224 Å². The van der Waals surface area contributed by atoms with E-state index < -0.39 is 217 Å². The summed E-state index contributed by atoms with van der Waals surface area (Å²) < 4.78 is 699. The highest BCUT2D eigenvalue weighted by Crippen LogP contribution is 2.68. The highest BCUT2D eigenvalue weighted by molar-refractivity contribution is 5.31. The van der Waals surface area contributed by atoms with Gasteiger partial charge in [0.15, 0.2) is 0 Å². The Morgan fingerprint density at radius 1 is 0.156 bits per heavy atom. The number of rotatable bonds is 30. The van der Waals surface area contributed by atoms with Crippen molar-refractivity contribution in [2.24, 2.45) is 0 Å². The number of aryl methyl sites for hydroxylation is 3. The van der Waals surface area contributed by atoms with E-state index in [2.05, 4.69) is 0 Å². The van der Waals surface area contributed by atoms with Gasteiger partial charge in [-0.25, -0.2) is 0 Å². The molecule has 0 amide bonds. The zero-order chi connectivity index (χ0) is 73.2. The third-order valence-corrected chi connectivity index (χ3v) is 12.3. The zero-order valence-electron chi connectivity index (χ0n) is 40.9. The van der Waals surface area contributed by atoms with E-state index in [1.165, 1.54) is 0 Å². The Labute approximate surface area is 460 Å². The maximum atomic E-state index is 14.6. The predicted octanol–water partition coefficient (Wildman–Crippen LogP) is 20.7. The van der Waals surface area contributed by atoms with Crippen molar-refractivity contribution in [3.8, 4) is 0 Å². The molecule has 0 heterocycles. The van der Waals surface area contributed by atoms with Crippen molar-refractivity contribution in [2.75, 3.05) is 0 Å². The van der Waals surface area contributed by atoms with Gasteiger partial charge in [-0.2, -0.15) is 224 Å². The van der Waals surface area contributed by atoms with E-state index in [-0.39, 0.29) is 18.2 Å². The van der Waals surface area contributed by atoms with Crippen molar-refractivity contribution in [1.29, 1.82) is 0 Å². The summed E-state index contributed by atoms with van der Waals surface area (Å²) in [5.74, 6) is -183. The molecule has 0 unspecified atom stereocenters. The standard InChI is InChI=1S/C39H21F51/c40-16(41,19(46,47)22(52,53)25(58,59)28(64,65)31(70,71)34(76,77)37(82,83)84)7-1-4-13-10-14(5-2-8-17(42,43)20(48,49)23(54,55)26(60,61)29(66,67)32(72,73)35(78,79)38(85,86)87)12-15(11-13)6-3-9-18(44,45)21(50,51)24(56,57)27(62,63)30(68,69)33(74,75)36(80,81)39(88,89)90/h10-12H,1-9H2. The Hall–Kier alpha value is -4.35. The van der Waals surface area contributed by atoms with Crippen LogP contribution < -0.4 is 0 Å². The second kappa shape index (κ2) is 23.0. The molecule has 0 radical (unpaired) electrons. The fourth-order valence-electron chi connectivity index (χ4n) is 6.88. The summed E-state index contributed by atoms with van der Waals surface area (Å²) in [5.41, 5.74) is -4.41. The molecule has 0 fully saturated rings. The molecule has 1 aromatic rings. The van der Waals surface area contributed by atoms with Crippen LogP contribution in [0, 0.1) is 0 Å². The first-order valence-corrected chi connectivity index (χ1v) is 21.7. The minimum atomic E-state index is -9.22. The van der Waals surface area contributed by atoms with Gasteiger partial charge in [-0.15, -0.1) is 0 Å². The van der Waals surface area contributed by atoms with E-state index in [0.29, 0.717) is 0 Å². The van der Waals surface area contributed by atoms with Gasteiger partial charge >= 0.3 is 143 Å². The van der Waals surface area contributed by atoms with Crippen LogP contribution >= 0.6 is 0 Å². The average Bonchev–Trinajstić information content (AvgIpc) is 0.721. The minimum absolute atomic E-state index is 0.141. The Morgan fingerprint density at radius 3 is 0.389 bits per heavy atom. The highest BCUT2D eigenvalue weighted by Gasteiger charge is 2.98. The molecule has 51 heteroatoms. The molecule has 0 spiro atoms. The van der Waals surface area contributed by atoms with Crippen molar-refractivity contribution >= 4 is 0 Å². The summed E-state index contributed by atoms with van der Waals surface area (Å²) in [4.78, 5) is 0. The third-order valence-electron chi connectivity index (χ3n) is 12.3. The molecular formula is C39H21F51. The van der Waals surface area contributed by atoms with Crippen LogP contribution in [0.4, 0.5) is 224 Å². The molecule has 1 aromatic carbocycles. The molecule has 0 nitrogen and oxygen atoms in total. The molecule has 0 aliphatic rings. The van der Waals surface area contributed by atoms with Gasteiger partial charge in [-0.3, -0.25) is 0 Å². The number of hydrogen-bond donors (Lipinski definition) is 0. The Balaban J connectivity index is 4.01. The molecule has 534 valence electrons. The molecule has 1 rings (SSSR count). The summed E-state index contributed by atoms with van der Waals surface area (Å²) in [7, 11) is 0. The molecule has 0 N–H and O–H groups in total. The Bertz CT molecular complexity index is 2320. The summed E-state index contributed by atoms with van der Waals surface area (Å²) in [6.07, 6.45) is -48.4. The fraction of sp³-hybridized carbons (Fsp3) is 0.846. The van der Waals surface area contributed by atoms with Gasteiger partial charge in [-0.1, -0.05) is 18.2 Å². The minimum Gasteiger partial charge on any atom is -0.200 e. The van der Waals surface area contributed by atoms with Gasteiger partial charge in [0.25, 0.3) is 0 Å². The van der Waals surface area contributed by atoms with E-state index in [9.17, 15) is 224 Å². The average molecular weight is 1460 g/mol. The van der Waals surface area contributed by atoms with Crippen molar-refractivity contribution in [3.05, 3.63) is 34.9 Å². The first-order valence-electron chi connectivity index (χ1n) is 21.7. The molecule has 0 bridgehead atoms. The predicted molar refractivity (Wildman–Crippen MR) is 187 cm³/mol. The quantitative estimate of drug-likeness (QED) is 0.0674. The maximum absolute atomic E-state index is 14.6. The summed E-state index contributed by atoms with van der Waals surface area (Å²) in [5, 5.41) is 0. The third kappa shape index (κ3) is 12.1. The van der Waals surface area contributed by atoms with Crippen LogP contribution in [0.25, 0.3) is 0 Å².